The summed E-state index contributed by atoms with van der Waals surface area (Å²) in [5.74, 6) is 0.640. The van der Waals surface area contributed by atoms with Crippen molar-refractivity contribution in [3.05, 3.63) is 58.7 Å². The number of nitro groups is 1. The van der Waals surface area contributed by atoms with Crippen molar-refractivity contribution in [2.24, 2.45) is 10.2 Å². The number of aromatic hydroxyl groups is 1. The average molecular weight is 343 g/mol. The summed E-state index contributed by atoms with van der Waals surface area (Å²) in [5, 5.41) is 28.8. The molecule has 0 heterocycles. The third kappa shape index (κ3) is 4.77. The van der Waals surface area contributed by atoms with E-state index < -0.39 is 4.92 Å². The molecule has 0 saturated heterocycles. The van der Waals surface area contributed by atoms with Crippen molar-refractivity contribution in [2.45, 2.75) is 6.92 Å². The van der Waals surface area contributed by atoms with E-state index >= 15 is 0 Å². The van der Waals surface area contributed by atoms with Crippen LogP contribution in [0.5, 0.6) is 17.2 Å². The summed E-state index contributed by atoms with van der Waals surface area (Å²) in [4.78, 5) is 10.5. The summed E-state index contributed by atoms with van der Waals surface area (Å²) in [7, 11) is 1.41. The summed E-state index contributed by atoms with van der Waals surface area (Å²) in [6.45, 7) is 5.88. The maximum Gasteiger partial charge on any atom is 0.300 e. The van der Waals surface area contributed by atoms with Gasteiger partial charge in [-0.25, -0.2) is 0 Å². The second-order valence-electron chi connectivity index (χ2n) is 5.21. The van der Waals surface area contributed by atoms with E-state index in [1.807, 2.05) is 6.92 Å². The van der Waals surface area contributed by atoms with E-state index in [4.69, 9.17) is 9.47 Å². The van der Waals surface area contributed by atoms with Crippen LogP contribution in [-0.4, -0.2) is 23.7 Å². The molecule has 0 spiro atoms. The third-order valence-corrected chi connectivity index (χ3v) is 3.08. The minimum Gasteiger partial charge on any atom is -0.505 e. The highest BCUT2D eigenvalue weighted by Gasteiger charge is 2.15. The lowest BCUT2D eigenvalue weighted by Crippen LogP contribution is -1.96. The van der Waals surface area contributed by atoms with Crippen LogP contribution in [-0.2, 0) is 0 Å². The number of azo groups is 1. The van der Waals surface area contributed by atoms with Gasteiger partial charge < -0.3 is 14.6 Å². The smallest absolute Gasteiger partial charge is 0.300 e. The Hall–Kier alpha value is -3.42. The fourth-order valence-corrected chi connectivity index (χ4v) is 1.85. The second kappa shape index (κ2) is 7.91. The Balaban J connectivity index is 2.24. The van der Waals surface area contributed by atoms with Crippen LogP contribution >= 0.6 is 0 Å². The fraction of sp³-hybridized carbons (Fsp3) is 0.176. The van der Waals surface area contributed by atoms with Crippen molar-refractivity contribution in [3.63, 3.8) is 0 Å². The Kier molecular flexibility index (Phi) is 5.67. The summed E-state index contributed by atoms with van der Waals surface area (Å²) in [6.07, 6.45) is 0. The first-order chi connectivity index (χ1) is 11.9. The van der Waals surface area contributed by atoms with Gasteiger partial charge in [-0.3, -0.25) is 10.1 Å². The zero-order chi connectivity index (χ0) is 18.4. The Morgan fingerprint density at radius 1 is 1.20 bits per heavy atom. The molecule has 8 heteroatoms. The molecule has 25 heavy (non-hydrogen) atoms. The van der Waals surface area contributed by atoms with Crippen molar-refractivity contribution < 1.29 is 19.5 Å². The highest BCUT2D eigenvalue weighted by Crippen LogP contribution is 2.35. The molecule has 2 rings (SSSR count). The van der Waals surface area contributed by atoms with E-state index in [1.165, 1.54) is 37.4 Å². The molecule has 0 amide bonds. The molecule has 0 aliphatic heterocycles. The van der Waals surface area contributed by atoms with Crippen LogP contribution in [0.25, 0.3) is 0 Å². The van der Waals surface area contributed by atoms with Crippen LogP contribution in [0.4, 0.5) is 17.1 Å². The molecule has 0 aliphatic carbocycles. The third-order valence-electron chi connectivity index (χ3n) is 3.08. The average Bonchev–Trinajstić information content (AvgIpc) is 2.58. The quantitative estimate of drug-likeness (QED) is 0.340. The van der Waals surface area contributed by atoms with Gasteiger partial charge in [0.1, 0.15) is 29.5 Å². The summed E-state index contributed by atoms with van der Waals surface area (Å²) in [5.41, 5.74) is 0.805. The Bertz CT molecular complexity index is 833. The number of phenols is 1. The van der Waals surface area contributed by atoms with Gasteiger partial charge in [0, 0.05) is 6.07 Å². The number of nitro benzene ring substituents is 1. The monoisotopic (exact) mass is 343 g/mol. The molecule has 0 atom stereocenters. The molecule has 8 nitrogen and oxygen atoms in total. The number of ether oxygens (including phenoxy) is 2. The molecule has 0 aromatic heterocycles. The molecule has 0 aliphatic rings. The Morgan fingerprint density at radius 2 is 1.84 bits per heavy atom. The van der Waals surface area contributed by atoms with Crippen molar-refractivity contribution in [2.75, 3.05) is 13.7 Å². The number of phenolic OH excluding ortho intramolecular Hbond substituents is 1. The molecule has 0 bridgehead atoms. The van der Waals surface area contributed by atoms with Crippen LogP contribution in [0.3, 0.4) is 0 Å². The van der Waals surface area contributed by atoms with Crippen molar-refractivity contribution in [1.29, 1.82) is 0 Å². The number of hydrogen-bond acceptors (Lipinski definition) is 7. The van der Waals surface area contributed by atoms with Crippen LogP contribution < -0.4 is 9.47 Å². The van der Waals surface area contributed by atoms with Gasteiger partial charge in [0.05, 0.1) is 18.1 Å². The lowest BCUT2D eigenvalue weighted by Gasteiger charge is -2.06. The molecule has 0 saturated carbocycles. The highest BCUT2D eigenvalue weighted by molar-refractivity contribution is 5.61. The van der Waals surface area contributed by atoms with Gasteiger partial charge in [-0.1, -0.05) is 6.58 Å². The standard InChI is InChI=1S/C17H17N3O5/c1-11(2)10-25-13-5-7-15(17(21)9-13)19-18-14-6-4-12(24-3)8-16(14)20(22)23/h4-9,21H,1,10H2,2-3H3/b19-18+. The van der Waals surface area contributed by atoms with Crippen molar-refractivity contribution in [3.8, 4) is 17.2 Å². The molecule has 1 N–H and O–H groups in total. The molecule has 0 unspecified atom stereocenters. The molecule has 130 valence electrons. The second-order valence-corrected chi connectivity index (χ2v) is 5.21. The Labute approximate surface area is 144 Å². The zero-order valence-corrected chi connectivity index (χ0v) is 13.8. The van der Waals surface area contributed by atoms with E-state index in [1.54, 1.807) is 6.07 Å². The van der Waals surface area contributed by atoms with Gasteiger partial charge in [0.15, 0.2) is 5.69 Å². The summed E-state index contributed by atoms with van der Waals surface area (Å²) in [6, 6.07) is 8.71. The van der Waals surface area contributed by atoms with Crippen LogP contribution in [0.15, 0.2) is 58.8 Å². The SMILES string of the molecule is C=C(C)COc1ccc(/N=N/c2ccc(OC)cc2[N+](=O)[O-])c(O)c1. The van der Waals surface area contributed by atoms with Crippen molar-refractivity contribution >= 4 is 17.1 Å². The molecule has 2 aromatic rings. The first kappa shape index (κ1) is 17.9. The van der Waals surface area contributed by atoms with Gasteiger partial charge in [-0.05, 0) is 36.8 Å². The highest BCUT2D eigenvalue weighted by atomic mass is 16.6. The topological polar surface area (TPSA) is 107 Å². The number of methoxy groups -OCH3 is 1. The van der Waals surface area contributed by atoms with Gasteiger partial charge in [0.2, 0.25) is 0 Å². The van der Waals surface area contributed by atoms with E-state index in [0.717, 1.165) is 5.57 Å². The van der Waals surface area contributed by atoms with Crippen LogP contribution in [0.1, 0.15) is 6.92 Å². The maximum absolute atomic E-state index is 11.1. The van der Waals surface area contributed by atoms with E-state index in [9.17, 15) is 15.2 Å². The van der Waals surface area contributed by atoms with E-state index in [-0.39, 0.29) is 22.8 Å². The number of rotatable bonds is 7. The maximum atomic E-state index is 11.1. The fourth-order valence-electron chi connectivity index (χ4n) is 1.85. The lowest BCUT2D eigenvalue weighted by atomic mass is 10.2. The van der Waals surface area contributed by atoms with E-state index in [0.29, 0.717) is 18.1 Å². The largest absolute Gasteiger partial charge is 0.505 e. The van der Waals surface area contributed by atoms with Crippen molar-refractivity contribution in [1.82, 2.24) is 0 Å². The normalized spacial score (nSPS) is 10.6. The lowest BCUT2D eigenvalue weighted by molar-refractivity contribution is -0.384. The van der Waals surface area contributed by atoms with Crippen LogP contribution in [0.2, 0.25) is 0 Å². The molecular weight excluding hydrogens is 326 g/mol. The Morgan fingerprint density at radius 3 is 2.44 bits per heavy atom. The van der Waals surface area contributed by atoms with Gasteiger partial charge in [-0.15, -0.1) is 10.2 Å². The van der Waals surface area contributed by atoms with Gasteiger partial charge in [0.25, 0.3) is 5.69 Å². The summed E-state index contributed by atoms with van der Waals surface area (Å²) >= 11 is 0. The van der Waals surface area contributed by atoms with E-state index in [2.05, 4.69) is 16.8 Å². The molecule has 0 radical (unpaired) electrons. The molecule has 2 aromatic carbocycles. The zero-order valence-electron chi connectivity index (χ0n) is 13.8. The van der Waals surface area contributed by atoms with Gasteiger partial charge >= 0.3 is 0 Å². The number of benzene rings is 2. The van der Waals surface area contributed by atoms with Crippen LogP contribution in [0, 0.1) is 10.1 Å². The first-order valence-electron chi connectivity index (χ1n) is 7.25. The van der Waals surface area contributed by atoms with Gasteiger partial charge in [-0.2, -0.15) is 0 Å². The first-order valence-corrected chi connectivity index (χ1v) is 7.25. The predicted octanol–water partition coefficient (Wildman–Crippen LogP) is 4.68. The molecule has 0 fully saturated rings. The minimum atomic E-state index is -0.578. The predicted molar refractivity (Wildman–Crippen MR) is 92.2 cm³/mol. The molecular formula is C17H17N3O5. The number of nitrogens with zero attached hydrogens (tertiary/aromatic N) is 3. The summed E-state index contributed by atoms with van der Waals surface area (Å²) < 4.78 is 10.4. The minimum absolute atomic E-state index is 0.0489. The number of hydrogen-bond donors (Lipinski definition) is 1.